The summed E-state index contributed by atoms with van der Waals surface area (Å²) in [6, 6.07) is 14.0. The van der Waals surface area contributed by atoms with Gasteiger partial charge in [0.15, 0.2) is 0 Å². The molecule has 0 aliphatic heterocycles. The van der Waals surface area contributed by atoms with Gasteiger partial charge in [0, 0.05) is 23.2 Å². The Hall–Kier alpha value is -3.48. The van der Waals surface area contributed by atoms with E-state index in [2.05, 4.69) is 20.8 Å². The fraction of sp³-hybridized carbons (Fsp3) is 0.238. The largest absolute Gasteiger partial charge is 0.416 e. The Bertz CT molecular complexity index is 979. The number of nitrogens with zero attached hydrogens (tertiary/aromatic N) is 2. The first kappa shape index (κ1) is 19.3. The van der Waals surface area contributed by atoms with Crippen LogP contribution in [0.3, 0.4) is 0 Å². The standard InChI is InChI=1S/C21H22N4O3/c1-4-22-18(26)14(3)23-19(27)15-9-11-16(12-10-15)20-24-25-21(28-20)17-8-6-5-7-13(17)2/h5-12,14H,4H2,1-3H3,(H,22,26)(H,23,27). The molecule has 0 aliphatic rings. The highest BCUT2D eigenvalue weighted by molar-refractivity contribution is 5.97. The van der Waals surface area contributed by atoms with E-state index in [4.69, 9.17) is 4.42 Å². The van der Waals surface area contributed by atoms with Gasteiger partial charge in [-0.2, -0.15) is 0 Å². The third kappa shape index (κ3) is 4.25. The number of likely N-dealkylation sites (N-methyl/N-ethyl adjacent to an activating group) is 1. The summed E-state index contributed by atoms with van der Waals surface area (Å²) in [5, 5.41) is 13.6. The van der Waals surface area contributed by atoms with Crippen LogP contribution in [-0.2, 0) is 4.79 Å². The van der Waals surface area contributed by atoms with Crippen LogP contribution >= 0.6 is 0 Å². The van der Waals surface area contributed by atoms with E-state index < -0.39 is 6.04 Å². The van der Waals surface area contributed by atoms with Crippen LogP contribution in [0.15, 0.2) is 52.9 Å². The molecule has 7 heteroatoms. The molecule has 0 bridgehead atoms. The summed E-state index contributed by atoms with van der Waals surface area (Å²) in [7, 11) is 0. The van der Waals surface area contributed by atoms with Crippen molar-refractivity contribution in [2.45, 2.75) is 26.8 Å². The van der Waals surface area contributed by atoms with Gasteiger partial charge in [0.05, 0.1) is 0 Å². The van der Waals surface area contributed by atoms with Crippen molar-refractivity contribution >= 4 is 11.8 Å². The number of hydrogen-bond acceptors (Lipinski definition) is 5. The molecule has 1 heterocycles. The second-order valence-corrected chi connectivity index (χ2v) is 6.39. The predicted molar refractivity (Wildman–Crippen MR) is 106 cm³/mol. The Balaban J connectivity index is 1.72. The summed E-state index contributed by atoms with van der Waals surface area (Å²) in [4.78, 5) is 24.0. The van der Waals surface area contributed by atoms with E-state index in [1.807, 2.05) is 38.1 Å². The normalized spacial score (nSPS) is 11.7. The topological polar surface area (TPSA) is 97.1 Å². The van der Waals surface area contributed by atoms with Gasteiger partial charge < -0.3 is 15.1 Å². The molecular weight excluding hydrogens is 356 g/mol. The second-order valence-electron chi connectivity index (χ2n) is 6.39. The maximum Gasteiger partial charge on any atom is 0.251 e. The Morgan fingerprint density at radius 3 is 2.39 bits per heavy atom. The van der Waals surface area contributed by atoms with Crippen LogP contribution < -0.4 is 10.6 Å². The van der Waals surface area contributed by atoms with Crippen molar-refractivity contribution in [3.63, 3.8) is 0 Å². The predicted octanol–water partition coefficient (Wildman–Crippen LogP) is 2.97. The molecule has 0 saturated carbocycles. The van der Waals surface area contributed by atoms with Crippen molar-refractivity contribution in [3.05, 3.63) is 59.7 Å². The molecule has 144 valence electrons. The molecule has 28 heavy (non-hydrogen) atoms. The van der Waals surface area contributed by atoms with Crippen LogP contribution in [0.4, 0.5) is 0 Å². The first-order valence-electron chi connectivity index (χ1n) is 9.08. The molecule has 7 nitrogen and oxygen atoms in total. The van der Waals surface area contributed by atoms with Gasteiger partial charge >= 0.3 is 0 Å². The van der Waals surface area contributed by atoms with Gasteiger partial charge in [0.1, 0.15) is 6.04 Å². The van der Waals surface area contributed by atoms with Crippen molar-refractivity contribution in [2.24, 2.45) is 0 Å². The molecule has 2 N–H and O–H groups in total. The lowest BCUT2D eigenvalue weighted by molar-refractivity contribution is -0.122. The van der Waals surface area contributed by atoms with Crippen molar-refractivity contribution in [1.29, 1.82) is 0 Å². The highest BCUT2D eigenvalue weighted by Crippen LogP contribution is 2.26. The number of carbonyl (C=O) groups is 2. The number of hydrogen-bond donors (Lipinski definition) is 2. The summed E-state index contributed by atoms with van der Waals surface area (Å²) in [6.45, 7) is 5.97. The fourth-order valence-electron chi connectivity index (χ4n) is 2.70. The zero-order chi connectivity index (χ0) is 20.1. The molecule has 2 amide bonds. The van der Waals surface area contributed by atoms with Crippen LogP contribution in [0.25, 0.3) is 22.9 Å². The number of carbonyl (C=O) groups excluding carboxylic acids is 2. The Morgan fingerprint density at radius 2 is 1.71 bits per heavy atom. The first-order chi connectivity index (χ1) is 13.5. The molecule has 3 rings (SSSR count). The first-order valence-corrected chi connectivity index (χ1v) is 9.08. The van der Waals surface area contributed by atoms with Gasteiger partial charge in [0.25, 0.3) is 5.91 Å². The Morgan fingerprint density at radius 1 is 1.04 bits per heavy atom. The van der Waals surface area contributed by atoms with Gasteiger partial charge in [-0.25, -0.2) is 0 Å². The third-order valence-electron chi connectivity index (χ3n) is 4.29. The number of amides is 2. The third-order valence-corrected chi connectivity index (χ3v) is 4.29. The summed E-state index contributed by atoms with van der Waals surface area (Å²) in [5.74, 6) is 0.282. The van der Waals surface area contributed by atoms with E-state index in [9.17, 15) is 9.59 Å². The van der Waals surface area contributed by atoms with Gasteiger partial charge in [-0.1, -0.05) is 18.2 Å². The zero-order valence-corrected chi connectivity index (χ0v) is 16.0. The zero-order valence-electron chi connectivity index (χ0n) is 16.0. The molecular formula is C21H22N4O3. The molecule has 0 aliphatic carbocycles. The van der Waals surface area contributed by atoms with Crippen LogP contribution in [-0.4, -0.2) is 34.6 Å². The number of rotatable bonds is 6. The van der Waals surface area contributed by atoms with Gasteiger partial charge in [-0.05, 0) is 56.7 Å². The summed E-state index contributed by atoms with van der Waals surface area (Å²) in [6.07, 6.45) is 0. The minimum Gasteiger partial charge on any atom is -0.416 e. The van der Waals surface area contributed by atoms with Crippen LogP contribution in [0.1, 0.15) is 29.8 Å². The van der Waals surface area contributed by atoms with Crippen LogP contribution in [0, 0.1) is 6.92 Å². The molecule has 0 saturated heterocycles. The van der Waals surface area contributed by atoms with Crippen molar-refractivity contribution in [3.8, 4) is 22.9 Å². The molecule has 0 radical (unpaired) electrons. The van der Waals surface area contributed by atoms with Crippen molar-refractivity contribution < 1.29 is 14.0 Å². The summed E-state index contributed by atoms with van der Waals surface area (Å²) in [5.41, 5.74) is 3.08. The van der Waals surface area contributed by atoms with E-state index in [1.165, 1.54) is 0 Å². The Kier molecular flexibility index (Phi) is 5.84. The number of aromatic nitrogens is 2. The minimum absolute atomic E-state index is 0.220. The van der Waals surface area contributed by atoms with Gasteiger partial charge in [-0.3, -0.25) is 9.59 Å². The summed E-state index contributed by atoms with van der Waals surface area (Å²) >= 11 is 0. The highest BCUT2D eigenvalue weighted by Gasteiger charge is 2.17. The SMILES string of the molecule is CCNC(=O)C(C)NC(=O)c1ccc(-c2nnc(-c3ccccc3C)o2)cc1. The lowest BCUT2D eigenvalue weighted by Gasteiger charge is -2.13. The number of aryl methyl sites for hydroxylation is 1. The molecule has 0 spiro atoms. The molecule has 0 fully saturated rings. The maximum atomic E-state index is 12.3. The monoisotopic (exact) mass is 378 g/mol. The van der Waals surface area contributed by atoms with E-state index in [0.717, 1.165) is 11.1 Å². The summed E-state index contributed by atoms with van der Waals surface area (Å²) < 4.78 is 5.78. The van der Waals surface area contributed by atoms with E-state index in [0.29, 0.717) is 29.5 Å². The lowest BCUT2D eigenvalue weighted by atomic mass is 10.1. The van der Waals surface area contributed by atoms with Crippen LogP contribution in [0.2, 0.25) is 0 Å². The quantitative estimate of drug-likeness (QED) is 0.687. The second kappa shape index (κ2) is 8.47. The van der Waals surface area contributed by atoms with E-state index in [-0.39, 0.29) is 11.8 Å². The Labute approximate surface area is 163 Å². The lowest BCUT2D eigenvalue weighted by Crippen LogP contribution is -2.44. The molecule has 2 aromatic carbocycles. The van der Waals surface area contributed by atoms with Crippen molar-refractivity contribution in [1.82, 2.24) is 20.8 Å². The average molecular weight is 378 g/mol. The van der Waals surface area contributed by atoms with Crippen molar-refractivity contribution in [2.75, 3.05) is 6.54 Å². The van der Waals surface area contributed by atoms with Crippen LogP contribution in [0.5, 0.6) is 0 Å². The highest BCUT2D eigenvalue weighted by atomic mass is 16.4. The van der Waals surface area contributed by atoms with Gasteiger partial charge in [0.2, 0.25) is 17.7 Å². The maximum absolute atomic E-state index is 12.3. The smallest absolute Gasteiger partial charge is 0.251 e. The van der Waals surface area contributed by atoms with E-state index >= 15 is 0 Å². The minimum atomic E-state index is -0.611. The number of nitrogens with one attached hydrogen (secondary N) is 2. The number of benzene rings is 2. The van der Waals surface area contributed by atoms with Gasteiger partial charge in [-0.15, -0.1) is 10.2 Å². The molecule has 1 aromatic heterocycles. The van der Waals surface area contributed by atoms with E-state index in [1.54, 1.807) is 31.2 Å². The fourth-order valence-corrected chi connectivity index (χ4v) is 2.70. The molecule has 1 atom stereocenters. The average Bonchev–Trinajstić information content (AvgIpc) is 3.18. The molecule has 3 aromatic rings. The molecule has 1 unspecified atom stereocenters.